The van der Waals surface area contributed by atoms with Gasteiger partial charge in [0.25, 0.3) is 17.5 Å². The number of benzene rings is 3. The number of non-ortho nitro benzene ring substituents is 1. The number of nitrogens with zero attached hydrogens (tertiary/aromatic N) is 2. The van der Waals surface area contributed by atoms with Crippen molar-refractivity contribution in [2.24, 2.45) is 0 Å². The zero-order valence-corrected chi connectivity index (χ0v) is 18.5. The Morgan fingerprint density at radius 2 is 1.64 bits per heavy atom. The van der Waals surface area contributed by atoms with Crippen molar-refractivity contribution in [3.05, 3.63) is 103 Å². The smallest absolute Gasteiger partial charge is 0.338 e. The standard InChI is InChI=1S/C23H14Cl2N2O6/c1-12-5-6-14(23(30)33-11-13-3-2-4-15(7-13)27(31)32)8-20(12)26-21(28)16-9-18(24)19(25)10-17(16)22(26)29/h2-10H,11H2,1H3. The molecular formula is C23H14Cl2N2O6. The van der Waals surface area contributed by atoms with E-state index in [9.17, 15) is 24.5 Å². The number of carbonyl (C=O) groups excluding carboxylic acids is 3. The fraction of sp³-hybridized carbons (Fsp3) is 0.0870. The van der Waals surface area contributed by atoms with Gasteiger partial charge in [0.1, 0.15) is 6.61 Å². The van der Waals surface area contributed by atoms with Gasteiger partial charge in [0.15, 0.2) is 0 Å². The highest BCUT2D eigenvalue weighted by molar-refractivity contribution is 6.44. The predicted octanol–water partition coefficient (Wildman–Crippen LogP) is 5.37. The molecule has 0 atom stereocenters. The van der Waals surface area contributed by atoms with E-state index in [1.54, 1.807) is 19.1 Å². The zero-order valence-electron chi connectivity index (χ0n) is 17.0. The molecule has 0 unspecified atom stereocenters. The molecule has 0 radical (unpaired) electrons. The minimum atomic E-state index is -0.717. The molecule has 1 aliphatic rings. The monoisotopic (exact) mass is 484 g/mol. The minimum Gasteiger partial charge on any atom is -0.457 e. The summed E-state index contributed by atoms with van der Waals surface area (Å²) >= 11 is 12.0. The Labute approximate surface area is 197 Å². The van der Waals surface area contributed by atoms with E-state index in [1.807, 2.05) is 0 Å². The minimum absolute atomic E-state index is 0.105. The Morgan fingerprint density at radius 3 is 2.24 bits per heavy atom. The summed E-state index contributed by atoms with van der Waals surface area (Å²) in [5.74, 6) is -1.89. The third kappa shape index (κ3) is 4.18. The number of ether oxygens (including phenoxy) is 1. The summed E-state index contributed by atoms with van der Waals surface area (Å²) in [6, 6.07) is 12.9. The quantitative estimate of drug-likeness (QED) is 0.208. The maximum Gasteiger partial charge on any atom is 0.338 e. The molecule has 4 rings (SSSR count). The van der Waals surface area contributed by atoms with Crippen LogP contribution in [-0.4, -0.2) is 22.7 Å². The van der Waals surface area contributed by atoms with Crippen LogP contribution in [0.5, 0.6) is 0 Å². The van der Waals surface area contributed by atoms with E-state index >= 15 is 0 Å². The van der Waals surface area contributed by atoms with Crippen LogP contribution < -0.4 is 4.90 Å². The SMILES string of the molecule is Cc1ccc(C(=O)OCc2cccc([N+](=O)[O-])c2)cc1N1C(=O)c2cc(Cl)c(Cl)cc2C1=O. The first kappa shape index (κ1) is 22.4. The van der Waals surface area contributed by atoms with Gasteiger partial charge in [-0.05, 0) is 42.3 Å². The normalized spacial score (nSPS) is 12.6. The third-order valence-corrected chi connectivity index (χ3v) is 5.83. The highest BCUT2D eigenvalue weighted by Gasteiger charge is 2.38. The maximum atomic E-state index is 12.9. The number of esters is 1. The largest absolute Gasteiger partial charge is 0.457 e. The molecule has 1 heterocycles. The lowest BCUT2D eigenvalue weighted by molar-refractivity contribution is -0.384. The maximum absolute atomic E-state index is 12.9. The molecule has 0 saturated carbocycles. The Balaban J connectivity index is 1.59. The summed E-state index contributed by atoms with van der Waals surface area (Å²) < 4.78 is 5.27. The van der Waals surface area contributed by atoms with E-state index in [4.69, 9.17) is 27.9 Å². The van der Waals surface area contributed by atoms with Gasteiger partial charge in [0.05, 0.1) is 37.3 Å². The zero-order chi connectivity index (χ0) is 23.9. The number of amides is 2. The van der Waals surface area contributed by atoms with E-state index in [0.717, 1.165) is 4.90 Å². The van der Waals surface area contributed by atoms with Crippen LogP contribution in [0.2, 0.25) is 10.0 Å². The van der Waals surface area contributed by atoms with Gasteiger partial charge < -0.3 is 4.74 Å². The number of rotatable bonds is 5. The molecule has 0 bridgehead atoms. The number of hydrogen-bond acceptors (Lipinski definition) is 6. The molecule has 8 nitrogen and oxygen atoms in total. The van der Waals surface area contributed by atoms with Crippen LogP contribution in [0.1, 0.15) is 42.2 Å². The molecule has 0 saturated heterocycles. The molecule has 0 fully saturated rings. The van der Waals surface area contributed by atoms with E-state index in [2.05, 4.69) is 0 Å². The van der Waals surface area contributed by atoms with Gasteiger partial charge in [0, 0.05) is 12.1 Å². The topological polar surface area (TPSA) is 107 Å². The van der Waals surface area contributed by atoms with E-state index in [-0.39, 0.29) is 44.7 Å². The van der Waals surface area contributed by atoms with E-state index < -0.39 is 22.7 Å². The summed E-state index contributed by atoms with van der Waals surface area (Å²) in [5.41, 5.74) is 1.47. The molecule has 0 spiro atoms. The van der Waals surface area contributed by atoms with Crippen molar-refractivity contribution < 1.29 is 24.0 Å². The lowest BCUT2D eigenvalue weighted by Crippen LogP contribution is -2.30. The van der Waals surface area contributed by atoms with Crippen molar-refractivity contribution in [1.29, 1.82) is 0 Å². The average molecular weight is 485 g/mol. The van der Waals surface area contributed by atoms with Crippen molar-refractivity contribution >= 4 is 52.4 Å². The van der Waals surface area contributed by atoms with Crippen molar-refractivity contribution in [2.45, 2.75) is 13.5 Å². The van der Waals surface area contributed by atoms with Crippen LogP contribution in [0.25, 0.3) is 0 Å². The molecule has 0 aromatic heterocycles. The van der Waals surface area contributed by atoms with Crippen molar-refractivity contribution in [3.63, 3.8) is 0 Å². The summed E-state index contributed by atoms with van der Waals surface area (Å²) in [7, 11) is 0. The fourth-order valence-electron chi connectivity index (χ4n) is 3.42. The Bertz CT molecular complexity index is 1310. The van der Waals surface area contributed by atoms with Gasteiger partial charge in [-0.1, -0.05) is 41.4 Å². The van der Waals surface area contributed by atoms with Gasteiger partial charge in [-0.3, -0.25) is 19.7 Å². The lowest BCUT2D eigenvalue weighted by Gasteiger charge is -2.17. The van der Waals surface area contributed by atoms with Crippen LogP contribution in [0.15, 0.2) is 54.6 Å². The van der Waals surface area contributed by atoms with Crippen molar-refractivity contribution in [2.75, 3.05) is 4.90 Å². The van der Waals surface area contributed by atoms with Gasteiger partial charge in [-0.25, -0.2) is 9.69 Å². The number of hydrogen-bond donors (Lipinski definition) is 0. The molecule has 1 aliphatic heterocycles. The van der Waals surface area contributed by atoms with E-state index in [1.165, 1.54) is 42.5 Å². The first-order chi connectivity index (χ1) is 15.7. The summed E-state index contributed by atoms with van der Waals surface area (Å²) in [6.45, 7) is 1.50. The number of imide groups is 1. The number of nitro groups is 1. The van der Waals surface area contributed by atoms with E-state index in [0.29, 0.717) is 11.1 Å². The Hall–Kier alpha value is -3.75. The number of aryl methyl sites for hydroxylation is 1. The number of fused-ring (bicyclic) bond motifs is 1. The van der Waals surface area contributed by atoms with Crippen LogP contribution >= 0.6 is 23.2 Å². The Morgan fingerprint density at radius 1 is 1.00 bits per heavy atom. The molecule has 166 valence electrons. The van der Waals surface area contributed by atoms with Gasteiger partial charge in [-0.2, -0.15) is 0 Å². The predicted molar refractivity (Wildman–Crippen MR) is 121 cm³/mol. The molecule has 2 amide bonds. The number of halogens is 2. The molecular weight excluding hydrogens is 471 g/mol. The summed E-state index contributed by atoms with van der Waals surface area (Å²) in [6.07, 6.45) is 0. The number of carbonyl (C=O) groups is 3. The summed E-state index contributed by atoms with van der Waals surface area (Å²) in [4.78, 5) is 49.8. The second kappa shape index (κ2) is 8.65. The highest BCUT2D eigenvalue weighted by atomic mass is 35.5. The lowest BCUT2D eigenvalue weighted by atomic mass is 10.1. The van der Waals surface area contributed by atoms with Crippen LogP contribution in [-0.2, 0) is 11.3 Å². The van der Waals surface area contributed by atoms with Crippen molar-refractivity contribution in [1.82, 2.24) is 0 Å². The van der Waals surface area contributed by atoms with Crippen LogP contribution in [0, 0.1) is 17.0 Å². The molecule has 0 aliphatic carbocycles. The highest BCUT2D eigenvalue weighted by Crippen LogP contribution is 2.35. The van der Waals surface area contributed by atoms with Gasteiger partial charge >= 0.3 is 5.97 Å². The number of nitro benzene ring substituents is 1. The van der Waals surface area contributed by atoms with Gasteiger partial charge in [-0.15, -0.1) is 0 Å². The van der Waals surface area contributed by atoms with Gasteiger partial charge in [0.2, 0.25) is 0 Å². The second-order valence-corrected chi connectivity index (χ2v) is 8.08. The van der Waals surface area contributed by atoms with Crippen LogP contribution in [0.3, 0.4) is 0 Å². The molecule has 3 aromatic carbocycles. The Kier molecular flexibility index (Phi) is 5.88. The fourth-order valence-corrected chi connectivity index (χ4v) is 3.75. The van der Waals surface area contributed by atoms with Crippen molar-refractivity contribution in [3.8, 4) is 0 Å². The molecule has 3 aromatic rings. The first-order valence-electron chi connectivity index (χ1n) is 9.56. The summed E-state index contributed by atoms with van der Waals surface area (Å²) in [5, 5.41) is 11.2. The third-order valence-electron chi connectivity index (χ3n) is 5.10. The van der Waals surface area contributed by atoms with Crippen LogP contribution in [0.4, 0.5) is 11.4 Å². The molecule has 0 N–H and O–H groups in total. The molecule has 33 heavy (non-hydrogen) atoms. The molecule has 10 heteroatoms. The second-order valence-electron chi connectivity index (χ2n) is 7.26. The first-order valence-corrected chi connectivity index (χ1v) is 10.3. The number of anilines is 1. The average Bonchev–Trinajstić information content (AvgIpc) is 3.02.